The Balaban J connectivity index is 0.000000168. The van der Waals surface area contributed by atoms with Crippen molar-refractivity contribution in [2.75, 3.05) is 10.6 Å². The number of hydrogen-bond acceptors (Lipinski definition) is 8. The summed E-state index contributed by atoms with van der Waals surface area (Å²) in [7, 11) is 0. The summed E-state index contributed by atoms with van der Waals surface area (Å²) >= 11 is 0. The quantitative estimate of drug-likeness (QED) is 0.205. The Hall–Kier alpha value is -6.16. The van der Waals surface area contributed by atoms with Crippen molar-refractivity contribution in [1.29, 1.82) is 0 Å². The lowest BCUT2D eigenvalue weighted by Crippen LogP contribution is -2.21. The number of benzene rings is 4. The van der Waals surface area contributed by atoms with E-state index in [1.165, 1.54) is 48.5 Å². The highest BCUT2D eigenvalue weighted by Crippen LogP contribution is 2.17. The van der Waals surface area contributed by atoms with Crippen LogP contribution in [0.1, 0.15) is 20.7 Å². The molecule has 6 rings (SSSR count). The molecule has 42 heavy (non-hydrogen) atoms. The number of phenolic OH excluding ortho intramolecular Hbond substituents is 2. The van der Waals surface area contributed by atoms with Crippen LogP contribution < -0.4 is 21.5 Å². The molecule has 0 spiro atoms. The van der Waals surface area contributed by atoms with Gasteiger partial charge in [-0.3, -0.25) is 19.2 Å². The molecule has 2 aromatic heterocycles. The van der Waals surface area contributed by atoms with Crippen molar-refractivity contribution in [2.45, 2.75) is 0 Å². The van der Waals surface area contributed by atoms with E-state index in [-0.39, 0.29) is 33.5 Å². The van der Waals surface area contributed by atoms with Gasteiger partial charge in [0.25, 0.3) is 11.8 Å². The number of amides is 2. The van der Waals surface area contributed by atoms with Crippen molar-refractivity contribution >= 4 is 45.1 Å². The summed E-state index contributed by atoms with van der Waals surface area (Å²) in [5.41, 5.74) is 0.924. The van der Waals surface area contributed by atoms with Gasteiger partial charge < -0.3 is 29.7 Å². The molecule has 0 bridgehead atoms. The van der Waals surface area contributed by atoms with E-state index < -0.39 is 11.8 Å². The van der Waals surface area contributed by atoms with Crippen LogP contribution in [0.4, 0.5) is 11.4 Å². The molecule has 0 saturated carbocycles. The number of aromatic hydroxyl groups is 2. The molecule has 0 radical (unpaired) electrons. The molecule has 0 saturated heterocycles. The number of anilines is 2. The average Bonchev–Trinajstić information content (AvgIpc) is 3.00. The van der Waals surface area contributed by atoms with Gasteiger partial charge in [0.2, 0.25) is 10.9 Å². The van der Waals surface area contributed by atoms with Crippen LogP contribution in [0.2, 0.25) is 0 Å². The highest BCUT2D eigenvalue weighted by atomic mass is 16.3. The van der Waals surface area contributed by atoms with E-state index in [9.17, 15) is 29.4 Å². The van der Waals surface area contributed by atoms with E-state index in [1.807, 2.05) is 0 Å². The highest BCUT2D eigenvalue weighted by Gasteiger charge is 2.15. The van der Waals surface area contributed by atoms with Crippen molar-refractivity contribution in [3.8, 4) is 11.5 Å². The summed E-state index contributed by atoms with van der Waals surface area (Å²) in [6, 6.07) is 25.4. The van der Waals surface area contributed by atoms with Crippen LogP contribution in [-0.4, -0.2) is 22.0 Å². The minimum Gasteiger partial charge on any atom is -0.508 e. The van der Waals surface area contributed by atoms with Gasteiger partial charge in [-0.05, 0) is 72.8 Å². The number of nitrogens with one attached hydrogen (secondary N) is 2. The Kier molecular flexibility index (Phi) is 7.78. The van der Waals surface area contributed by atoms with Gasteiger partial charge in [-0.2, -0.15) is 0 Å². The Morgan fingerprint density at radius 2 is 0.881 bits per heavy atom. The monoisotopic (exact) mass is 562 g/mol. The molecule has 208 valence electrons. The lowest BCUT2D eigenvalue weighted by atomic mass is 10.1. The zero-order valence-corrected chi connectivity index (χ0v) is 21.7. The second-order valence-corrected chi connectivity index (χ2v) is 8.95. The molecule has 0 fully saturated rings. The van der Waals surface area contributed by atoms with Crippen molar-refractivity contribution in [1.82, 2.24) is 0 Å². The Bertz CT molecular complexity index is 1880. The first kappa shape index (κ1) is 27.4. The fourth-order valence-corrected chi connectivity index (χ4v) is 3.96. The third-order valence-corrected chi connectivity index (χ3v) is 6.10. The molecule has 0 aliphatic rings. The normalized spacial score (nSPS) is 10.5. The predicted octanol–water partition coefficient (Wildman–Crippen LogP) is 5.50. The number of carbonyl (C=O) groups is 2. The van der Waals surface area contributed by atoms with Gasteiger partial charge in [-0.15, -0.1) is 0 Å². The van der Waals surface area contributed by atoms with Crippen LogP contribution >= 0.6 is 0 Å². The number of carbonyl (C=O) groups excluding carboxylic acids is 2. The topological polar surface area (TPSA) is 159 Å². The zero-order valence-electron chi connectivity index (χ0n) is 21.7. The van der Waals surface area contributed by atoms with Gasteiger partial charge in [-0.1, -0.05) is 24.3 Å². The highest BCUT2D eigenvalue weighted by molar-refractivity contribution is 6.06. The van der Waals surface area contributed by atoms with Gasteiger partial charge in [0.1, 0.15) is 46.3 Å². The number of rotatable bonds is 4. The maximum absolute atomic E-state index is 12.3. The minimum atomic E-state index is -0.555. The van der Waals surface area contributed by atoms with Crippen molar-refractivity contribution in [2.24, 2.45) is 0 Å². The van der Waals surface area contributed by atoms with Crippen LogP contribution in [0, 0.1) is 0 Å². The first-order chi connectivity index (χ1) is 20.3. The Labute approximate surface area is 237 Å². The lowest BCUT2D eigenvalue weighted by molar-refractivity contribution is 0.101. The maximum Gasteiger partial charge on any atom is 0.262 e. The molecule has 10 nitrogen and oxygen atoms in total. The van der Waals surface area contributed by atoms with E-state index >= 15 is 0 Å². The summed E-state index contributed by atoms with van der Waals surface area (Å²) in [6.07, 6.45) is 2.31. The fourth-order valence-electron chi connectivity index (χ4n) is 3.96. The van der Waals surface area contributed by atoms with E-state index in [0.717, 1.165) is 12.5 Å². The van der Waals surface area contributed by atoms with Gasteiger partial charge in [0.05, 0.1) is 10.8 Å². The van der Waals surface area contributed by atoms with E-state index in [0.29, 0.717) is 33.3 Å². The summed E-state index contributed by atoms with van der Waals surface area (Å²) in [6.45, 7) is 0. The molecule has 2 heterocycles. The molecule has 6 aromatic rings. The van der Waals surface area contributed by atoms with Crippen molar-refractivity contribution in [3.63, 3.8) is 0 Å². The maximum atomic E-state index is 12.3. The predicted molar refractivity (Wildman–Crippen MR) is 157 cm³/mol. The molecule has 10 heteroatoms. The SMILES string of the molecule is O=C(Nc1ccc(O)cc1)c1coc2ccccc2c1=O.O=C(Nc1ccc(O)cc1)c1coc2ccccc2c1=O. The van der Waals surface area contributed by atoms with E-state index in [1.54, 1.807) is 48.5 Å². The molecular weight excluding hydrogens is 540 g/mol. The second kappa shape index (κ2) is 11.9. The third kappa shape index (κ3) is 6.02. The zero-order chi connectivity index (χ0) is 29.6. The first-order valence-electron chi connectivity index (χ1n) is 12.5. The first-order valence-corrected chi connectivity index (χ1v) is 12.5. The van der Waals surface area contributed by atoms with E-state index in [4.69, 9.17) is 8.83 Å². The fraction of sp³-hybridized carbons (Fsp3) is 0. The molecule has 0 aliphatic heterocycles. The molecule has 4 aromatic carbocycles. The third-order valence-electron chi connectivity index (χ3n) is 6.10. The summed E-state index contributed by atoms with van der Waals surface area (Å²) in [5, 5.41) is 24.3. The number of fused-ring (bicyclic) bond motifs is 2. The van der Waals surface area contributed by atoms with Crippen LogP contribution in [0.5, 0.6) is 11.5 Å². The van der Waals surface area contributed by atoms with Crippen LogP contribution in [0.25, 0.3) is 21.9 Å². The molecular formula is C32H22N2O8. The number of hydrogen-bond donors (Lipinski definition) is 4. The van der Waals surface area contributed by atoms with E-state index in [2.05, 4.69) is 10.6 Å². The van der Waals surface area contributed by atoms with Crippen molar-refractivity contribution < 1.29 is 28.6 Å². The smallest absolute Gasteiger partial charge is 0.262 e. The van der Waals surface area contributed by atoms with Gasteiger partial charge in [-0.25, -0.2) is 0 Å². The van der Waals surface area contributed by atoms with Crippen LogP contribution in [-0.2, 0) is 0 Å². The summed E-state index contributed by atoms with van der Waals surface area (Å²) in [4.78, 5) is 48.8. The Morgan fingerprint density at radius 1 is 0.524 bits per heavy atom. The molecule has 2 amide bonds. The van der Waals surface area contributed by atoms with Gasteiger partial charge >= 0.3 is 0 Å². The van der Waals surface area contributed by atoms with Crippen molar-refractivity contribution in [3.05, 3.63) is 141 Å². The largest absolute Gasteiger partial charge is 0.508 e. The molecule has 0 aliphatic carbocycles. The standard InChI is InChI=1S/2C16H11NO4/c2*18-11-7-5-10(6-8-11)17-16(20)13-9-21-14-4-2-1-3-12(14)15(13)19/h2*1-9,18H,(H,17,20). The second-order valence-electron chi connectivity index (χ2n) is 8.95. The van der Waals surface area contributed by atoms with Gasteiger partial charge in [0, 0.05) is 11.4 Å². The minimum absolute atomic E-state index is 0.0678. The van der Waals surface area contributed by atoms with Gasteiger partial charge in [0.15, 0.2) is 0 Å². The van der Waals surface area contributed by atoms with Crippen LogP contribution in [0.3, 0.4) is 0 Å². The lowest BCUT2D eigenvalue weighted by Gasteiger charge is -2.05. The number of para-hydroxylation sites is 2. The number of phenols is 2. The molecule has 4 N–H and O–H groups in total. The average molecular weight is 563 g/mol. The Morgan fingerprint density at radius 3 is 1.26 bits per heavy atom. The molecule has 0 atom stereocenters. The van der Waals surface area contributed by atoms with Crippen LogP contribution in [0.15, 0.2) is 128 Å². The summed E-state index contributed by atoms with van der Waals surface area (Å²) < 4.78 is 10.6. The molecule has 0 unspecified atom stereocenters. The summed E-state index contributed by atoms with van der Waals surface area (Å²) in [5.74, 6) is -0.920.